The summed E-state index contributed by atoms with van der Waals surface area (Å²) in [6.07, 6.45) is 3.33. The lowest BCUT2D eigenvalue weighted by Gasteiger charge is -2.25. The second kappa shape index (κ2) is 6.39. The molecule has 1 amide bonds. The molecule has 0 bridgehead atoms. The third-order valence-corrected chi connectivity index (χ3v) is 3.65. The molecule has 0 aromatic heterocycles. The molecule has 1 aliphatic rings. The highest BCUT2D eigenvalue weighted by Gasteiger charge is 2.37. The lowest BCUT2D eigenvalue weighted by atomic mass is 10.0. The van der Waals surface area contributed by atoms with Crippen molar-refractivity contribution < 1.29 is 4.79 Å². The molecular formula is C14H28N2O. The molecule has 0 saturated carbocycles. The molecule has 1 N–H and O–H groups in total. The molecule has 3 nitrogen and oxygen atoms in total. The lowest BCUT2D eigenvalue weighted by molar-refractivity contribution is -0.130. The van der Waals surface area contributed by atoms with Crippen molar-refractivity contribution in [3.05, 3.63) is 0 Å². The molecule has 17 heavy (non-hydrogen) atoms. The average Bonchev–Trinajstić information content (AvgIpc) is 2.56. The van der Waals surface area contributed by atoms with E-state index in [2.05, 4.69) is 44.8 Å². The average molecular weight is 240 g/mol. The van der Waals surface area contributed by atoms with Crippen molar-refractivity contribution >= 4 is 5.91 Å². The molecule has 100 valence electrons. The topological polar surface area (TPSA) is 32.3 Å². The Morgan fingerprint density at radius 2 is 1.94 bits per heavy atom. The standard InChI is InChI=1S/C14H28N2O/c1-6-11(5)9-16-13(7-2)15-12(14(16)17)8-10(3)4/h10-13,15H,6-9H2,1-5H3. The largest absolute Gasteiger partial charge is 0.326 e. The molecule has 3 atom stereocenters. The van der Waals surface area contributed by atoms with Gasteiger partial charge in [0.1, 0.15) is 0 Å². The Morgan fingerprint density at radius 3 is 2.41 bits per heavy atom. The van der Waals surface area contributed by atoms with E-state index >= 15 is 0 Å². The van der Waals surface area contributed by atoms with Gasteiger partial charge in [-0.1, -0.05) is 41.0 Å². The van der Waals surface area contributed by atoms with E-state index < -0.39 is 0 Å². The van der Waals surface area contributed by atoms with Gasteiger partial charge < -0.3 is 4.90 Å². The molecule has 1 aliphatic heterocycles. The number of hydrogen-bond acceptors (Lipinski definition) is 2. The minimum atomic E-state index is 0.0454. The fourth-order valence-electron chi connectivity index (χ4n) is 2.41. The zero-order valence-corrected chi connectivity index (χ0v) is 12.0. The van der Waals surface area contributed by atoms with Gasteiger partial charge in [-0.2, -0.15) is 0 Å². The van der Waals surface area contributed by atoms with Crippen LogP contribution >= 0.6 is 0 Å². The zero-order valence-electron chi connectivity index (χ0n) is 12.0. The number of carbonyl (C=O) groups excluding carboxylic acids is 1. The van der Waals surface area contributed by atoms with Crippen LogP contribution in [-0.2, 0) is 4.79 Å². The molecule has 0 aromatic carbocycles. The van der Waals surface area contributed by atoms with Crippen LogP contribution < -0.4 is 5.32 Å². The Bertz CT molecular complexity index is 253. The van der Waals surface area contributed by atoms with Crippen molar-refractivity contribution in [3.63, 3.8) is 0 Å². The summed E-state index contributed by atoms with van der Waals surface area (Å²) in [5.41, 5.74) is 0. The predicted octanol–water partition coefficient (Wildman–Crippen LogP) is 2.62. The molecule has 0 aromatic rings. The monoisotopic (exact) mass is 240 g/mol. The molecule has 1 saturated heterocycles. The first-order valence-corrected chi connectivity index (χ1v) is 7.06. The van der Waals surface area contributed by atoms with Crippen molar-refractivity contribution in [1.82, 2.24) is 10.2 Å². The van der Waals surface area contributed by atoms with Crippen LogP contribution in [0.4, 0.5) is 0 Å². The normalized spacial score (nSPS) is 26.9. The van der Waals surface area contributed by atoms with Gasteiger partial charge in [-0.25, -0.2) is 0 Å². The second-order valence-electron chi connectivity index (χ2n) is 5.78. The van der Waals surface area contributed by atoms with Crippen molar-refractivity contribution in [1.29, 1.82) is 0 Å². The van der Waals surface area contributed by atoms with E-state index in [1.807, 2.05) is 0 Å². The van der Waals surface area contributed by atoms with Gasteiger partial charge in [0, 0.05) is 6.54 Å². The minimum Gasteiger partial charge on any atom is -0.326 e. The highest BCUT2D eigenvalue weighted by Crippen LogP contribution is 2.20. The molecule has 0 aliphatic carbocycles. The fraction of sp³-hybridized carbons (Fsp3) is 0.929. The maximum Gasteiger partial charge on any atom is 0.241 e. The summed E-state index contributed by atoms with van der Waals surface area (Å²) in [5.74, 6) is 1.47. The van der Waals surface area contributed by atoms with Gasteiger partial charge in [0.15, 0.2) is 0 Å². The summed E-state index contributed by atoms with van der Waals surface area (Å²) in [6.45, 7) is 11.8. The van der Waals surface area contributed by atoms with Crippen molar-refractivity contribution in [2.45, 2.75) is 66.1 Å². The Kier molecular flexibility index (Phi) is 5.44. The highest BCUT2D eigenvalue weighted by molar-refractivity contribution is 5.84. The van der Waals surface area contributed by atoms with Gasteiger partial charge in [0.25, 0.3) is 0 Å². The SMILES string of the molecule is CCC(C)CN1C(=O)C(CC(C)C)NC1CC. The molecular weight excluding hydrogens is 212 g/mol. The van der Waals surface area contributed by atoms with E-state index in [9.17, 15) is 4.79 Å². The Labute approximate surface area is 106 Å². The van der Waals surface area contributed by atoms with E-state index in [4.69, 9.17) is 0 Å². The quantitative estimate of drug-likeness (QED) is 0.774. The number of nitrogens with zero attached hydrogens (tertiary/aromatic N) is 1. The Hall–Kier alpha value is -0.570. The van der Waals surface area contributed by atoms with Crippen LogP contribution in [-0.4, -0.2) is 29.6 Å². The number of hydrogen-bond donors (Lipinski definition) is 1. The van der Waals surface area contributed by atoms with Gasteiger partial charge in [-0.05, 0) is 24.7 Å². The van der Waals surface area contributed by atoms with Gasteiger partial charge in [0.2, 0.25) is 5.91 Å². The number of carbonyl (C=O) groups is 1. The van der Waals surface area contributed by atoms with Gasteiger partial charge in [-0.15, -0.1) is 0 Å². The van der Waals surface area contributed by atoms with Gasteiger partial charge >= 0.3 is 0 Å². The molecule has 0 spiro atoms. The minimum absolute atomic E-state index is 0.0454. The van der Waals surface area contributed by atoms with Gasteiger partial charge in [0.05, 0.1) is 12.2 Å². The van der Waals surface area contributed by atoms with Crippen molar-refractivity contribution in [2.75, 3.05) is 6.54 Å². The van der Waals surface area contributed by atoms with E-state index in [1.54, 1.807) is 0 Å². The summed E-state index contributed by atoms with van der Waals surface area (Å²) in [6, 6.07) is 0.0454. The number of rotatable bonds is 6. The molecule has 1 fully saturated rings. The zero-order chi connectivity index (χ0) is 13.0. The first-order valence-electron chi connectivity index (χ1n) is 7.06. The van der Waals surface area contributed by atoms with Crippen LogP contribution in [0.1, 0.15) is 53.9 Å². The van der Waals surface area contributed by atoms with Crippen LogP contribution in [0.5, 0.6) is 0 Å². The fourth-order valence-corrected chi connectivity index (χ4v) is 2.41. The summed E-state index contributed by atoms with van der Waals surface area (Å²) < 4.78 is 0. The second-order valence-corrected chi connectivity index (χ2v) is 5.78. The molecule has 3 heteroatoms. The van der Waals surface area contributed by atoms with Crippen molar-refractivity contribution in [3.8, 4) is 0 Å². The maximum atomic E-state index is 12.3. The van der Waals surface area contributed by atoms with Crippen LogP contribution in [0.15, 0.2) is 0 Å². The lowest BCUT2D eigenvalue weighted by Crippen LogP contribution is -2.39. The number of nitrogens with one attached hydrogen (secondary N) is 1. The van der Waals surface area contributed by atoms with E-state index in [0.29, 0.717) is 17.7 Å². The highest BCUT2D eigenvalue weighted by atomic mass is 16.2. The van der Waals surface area contributed by atoms with Crippen LogP contribution in [0, 0.1) is 11.8 Å². The maximum absolute atomic E-state index is 12.3. The summed E-state index contributed by atoms with van der Waals surface area (Å²) in [7, 11) is 0. The molecule has 3 unspecified atom stereocenters. The van der Waals surface area contributed by atoms with Crippen LogP contribution in [0.3, 0.4) is 0 Å². The third kappa shape index (κ3) is 3.70. The summed E-state index contributed by atoms with van der Waals surface area (Å²) in [4.78, 5) is 14.4. The van der Waals surface area contributed by atoms with Gasteiger partial charge in [-0.3, -0.25) is 10.1 Å². The predicted molar refractivity (Wildman–Crippen MR) is 71.6 cm³/mol. The smallest absolute Gasteiger partial charge is 0.241 e. The molecule has 1 rings (SSSR count). The third-order valence-electron chi connectivity index (χ3n) is 3.65. The molecule has 1 heterocycles. The van der Waals surface area contributed by atoms with Crippen molar-refractivity contribution in [2.24, 2.45) is 11.8 Å². The van der Waals surface area contributed by atoms with E-state index in [0.717, 1.165) is 25.8 Å². The molecule has 0 radical (unpaired) electrons. The van der Waals surface area contributed by atoms with Crippen LogP contribution in [0.2, 0.25) is 0 Å². The Morgan fingerprint density at radius 1 is 1.29 bits per heavy atom. The Balaban J connectivity index is 2.64. The van der Waals surface area contributed by atoms with Crippen LogP contribution in [0.25, 0.3) is 0 Å². The summed E-state index contributed by atoms with van der Waals surface area (Å²) in [5, 5.41) is 3.48. The van der Waals surface area contributed by atoms with E-state index in [-0.39, 0.29) is 12.2 Å². The summed E-state index contributed by atoms with van der Waals surface area (Å²) >= 11 is 0. The number of amides is 1. The first-order chi connectivity index (χ1) is 7.99. The first kappa shape index (κ1) is 14.5. The van der Waals surface area contributed by atoms with E-state index in [1.165, 1.54) is 0 Å².